The summed E-state index contributed by atoms with van der Waals surface area (Å²) in [6.45, 7) is 1.04. The molecule has 1 atom stereocenters. The van der Waals surface area contributed by atoms with Crippen molar-refractivity contribution in [3.63, 3.8) is 0 Å². The zero-order valence-electron chi connectivity index (χ0n) is 10.4. The average molecular weight is 277 g/mol. The van der Waals surface area contributed by atoms with Gasteiger partial charge in [0.1, 0.15) is 5.76 Å². The van der Waals surface area contributed by atoms with Crippen molar-refractivity contribution >= 4 is 10.0 Å². The van der Waals surface area contributed by atoms with E-state index in [0.29, 0.717) is 18.0 Å². The first-order valence-corrected chi connectivity index (χ1v) is 7.70. The molecule has 2 heterocycles. The number of rotatable bonds is 3. The molecule has 0 bridgehead atoms. The lowest BCUT2D eigenvalue weighted by molar-refractivity contribution is 0.445. The van der Waals surface area contributed by atoms with Gasteiger partial charge >= 0.3 is 0 Å². The van der Waals surface area contributed by atoms with E-state index in [1.54, 1.807) is 30.5 Å². The topological polar surface area (TPSA) is 50.5 Å². The van der Waals surface area contributed by atoms with Crippen molar-refractivity contribution in [1.29, 1.82) is 0 Å². The van der Waals surface area contributed by atoms with Crippen LogP contribution in [0, 0.1) is 0 Å². The number of hydrogen-bond acceptors (Lipinski definition) is 3. The quantitative estimate of drug-likeness (QED) is 0.866. The van der Waals surface area contributed by atoms with E-state index in [4.69, 9.17) is 4.42 Å². The van der Waals surface area contributed by atoms with E-state index in [9.17, 15) is 8.42 Å². The molecule has 0 saturated carbocycles. The van der Waals surface area contributed by atoms with Gasteiger partial charge in [0.2, 0.25) is 10.0 Å². The van der Waals surface area contributed by atoms with Crippen LogP contribution in [-0.2, 0) is 10.0 Å². The SMILES string of the molecule is O=S(=O)(c1ccccc1)N1CCC(c2ccco2)C1. The molecular formula is C14H15NO3S. The Labute approximate surface area is 112 Å². The normalized spacial score (nSPS) is 20.7. The molecule has 1 aromatic heterocycles. The molecule has 1 aromatic carbocycles. The third-order valence-electron chi connectivity index (χ3n) is 3.48. The Morgan fingerprint density at radius 3 is 2.58 bits per heavy atom. The van der Waals surface area contributed by atoms with Crippen LogP contribution in [0.25, 0.3) is 0 Å². The molecule has 0 radical (unpaired) electrons. The number of furan rings is 1. The van der Waals surface area contributed by atoms with Crippen LogP contribution in [0.15, 0.2) is 58.0 Å². The Bertz CT molecular complexity index is 635. The molecule has 3 rings (SSSR count). The van der Waals surface area contributed by atoms with Crippen molar-refractivity contribution in [2.75, 3.05) is 13.1 Å². The minimum absolute atomic E-state index is 0.161. The highest BCUT2D eigenvalue weighted by Gasteiger charge is 2.34. The molecule has 100 valence electrons. The number of benzene rings is 1. The van der Waals surface area contributed by atoms with E-state index in [1.165, 1.54) is 4.31 Å². The lowest BCUT2D eigenvalue weighted by atomic mass is 10.1. The predicted molar refractivity (Wildman–Crippen MR) is 71.3 cm³/mol. The maximum absolute atomic E-state index is 12.4. The fourth-order valence-corrected chi connectivity index (χ4v) is 3.97. The van der Waals surface area contributed by atoms with Gasteiger partial charge in [0, 0.05) is 19.0 Å². The molecule has 1 unspecified atom stereocenters. The second-order valence-corrected chi connectivity index (χ2v) is 6.62. The van der Waals surface area contributed by atoms with Crippen molar-refractivity contribution in [3.8, 4) is 0 Å². The average Bonchev–Trinajstić information content (AvgIpc) is 3.10. The first-order valence-electron chi connectivity index (χ1n) is 6.26. The second-order valence-electron chi connectivity index (χ2n) is 4.68. The predicted octanol–water partition coefficient (Wildman–Crippen LogP) is 2.46. The third kappa shape index (κ3) is 2.31. The molecule has 0 N–H and O–H groups in total. The smallest absolute Gasteiger partial charge is 0.243 e. The van der Waals surface area contributed by atoms with Gasteiger partial charge in [0.25, 0.3) is 0 Å². The number of hydrogen-bond donors (Lipinski definition) is 0. The van der Waals surface area contributed by atoms with Gasteiger partial charge in [-0.05, 0) is 30.7 Å². The van der Waals surface area contributed by atoms with E-state index in [2.05, 4.69) is 0 Å². The molecule has 1 aliphatic rings. The van der Waals surface area contributed by atoms with E-state index < -0.39 is 10.0 Å². The Morgan fingerprint density at radius 1 is 1.11 bits per heavy atom. The van der Waals surface area contributed by atoms with Gasteiger partial charge in [0.05, 0.1) is 11.2 Å². The summed E-state index contributed by atoms with van der Waals surface area (Å²) in [5, 5.41) is 0. The van der Waals surface area contributed by atoms with Crippen molar-refractivity contribution < 1.29 is 12.8 Å². The maximum Gasteiger partial charge on any atom is 0.243 e. The molecule has 19 heavy (non-hydrogen) atoms. The summed E-state index contributed by atoms with van der Waals surface area (Å²) in [6.07, 6.45) is 2.43. The van der Waals surface area contributed by atoms with Gasteiger partial charge in [-0.15, -0.1) is 0 Å². The van der Waals surface area contributed by atoms with E-state index in [-0.39, 0.29) is 5.92 Å². The highest BCUT2D eigenvalue weighted by Crippen LogP contribution is 2.31. The largest absolute Gasteiger partial charge is 0.469 e. The van der Waals surface area contributed by atoms with Crippen LogP contribution in [0.5, 0.6) is 0 Å². The maximum atomic E-state index is 12.4. The summed E-state index contributed by atoms with van der Waals surface area (Å²) in [7, 11) is -3.37. The summed E-state index contributed by atoms with van der Waals surface area (Å²) in [5.74, 6) is 1.03. The Kier molecular flexibility index (Phi) is 3.16. The molecule has 2 aromatic rings. The summed E-state index contributed by atoms with van der Waals surface area (Å²) >= 11 is 0. The van der Waals surface area contributed by atoms with Crippen molar-refractivity contribution in [1.82, 2.24) is 4.31 Å². The molecule has 4 nitrogen and oxygen atoms in total. The standard InChI is InChI=1S/C14H15NO3S/c16-19(17,13-5-2-1-3-6-13)15-9-8-12(11-15)14-7-4-10-18-14/h1-7,10,12H,8-9,11H2. The van der Waals surface area contributed by atoms with Crippen LogP contribution in [0.4, 0.5) is 0 Å². The van der Waals surface area contributed by atoms with Gasteiger partial charge in [0.15, 0.2) is 0 Å². The van der Waals surface area contributed by atoms with Crippen molar-refractivity contribution in [3.05, 3.63) is 54.5 Å². The first-order chi connectivity index (χ1) is 9.18. The Morgan fingerprint density at radius 2 is 1.89 bits per heavy atom. The minimum atomic E-state index is -3.37. The third-order valence-corrected chi connectivity index (χ3v) is 5.36. The summed E-state index contributed by atoms with van der Waals surface area (Å²) in [4.78, 5) is 0.357. The zero-order valence-corrected chi connectivity index (χ0v) is 11.2. The first kappa shape index (κ1) is 12.4. The lowest BCUT2D eigenvalue weighted by Crippen LogP contribution is -2.28. The summed E-state index contributed by atoms with van der Waals surface area (Å²) in [5.41, 5.74) is 0. The van der Waals surface area contributed by atoms with Crippen molar-refractivity contribution in [2.45, 2.75) is 17.2 Å². The molecule has 0 aliphatic carbocycles. The lowest BCUT2D eigenvalue weighted by Gasteiger charge is -2.16. The van der Waals surface area contributed by atoms with E-state index in [1.807, 2.05) is 18.2 Å². The number of sulfonamides is 1. The molecule has 1 aliphatic heterocycles. The Hall–Kier alpha value is -1.59. The number of nitrogens with zero attached hydrogens (tertiary/aromatic N) is 1. The molecule has 5 heteroatoms. The van der Waals surface area contributed by atoms with Crippen molar-refractivity contribution in [2.24, 2.45) is 0 Å². The highest BCUT2D eigenvalue weighted by atomic mass is 32.2. The van der Waals surface area contributed by atoms with Gasteiger partial charge < -0.3 is 4.42 Å². The van der Waals surface area contributed by atoms with Gasteiger partial charge in [-0.1, -0.05) is 18.2 Å². The van der Waals surface area contributed by atoms with Crippen LogP contribution >= 0.6 is 0 Å². The van der Waals surface area contributed by atoms with Gasteiger partial charge in [-0.3, -0.25) is 0 Å². The summed E-state index contributed by atoms with van der Waals surface area (Å²) < 4.78 is 31.8. The second kappa shape index (κ2) is 4.83. The molecular weight excluding hydrogens is 262 g/mol. The van der Waals surface area contributed by atoms with Crippen LogP contribution in [0.2, 0.25) is 0 Å². The van der Waals surface area contributed by atoms with E-state index >= 15 is 0 Å². The fourth-order valence-electron chi connectivity index (χ4n) is 2.44. The Balaban J connectivity index is 1.81. The molecule has 1 fully saturated rings. The zero-order chi connectivity index (χ0) is 13.3. The molecule has 0 amide bonds. The minimum Gasteiger partial charge on any atom is -0.469 e. The monoisotopic (exact) mass is 277 g/mol. The van der Waals surface area contributed by atoms with Gasteiger partial charge in [-0.2, -0.15) is 4.31 Å². The molecule has 0 spiro atoms. The van der Waals surface area contributed by atoms with Gasteiger partial charge in [-0.25, -0.2) is 8.42 Å². The highest BCUT2D eigenvalue weighted by molar-refractivity contribution is 7.89. The molecule has 1 saturated heterocycles. The summed E-state index contributed by atoms with van der Waals surface area (Å²) in [6, 6.07) is 12.3. The van der Waals surface area contributed by atoms with Crippen LogP contribution in [0.1, 0.15) is 18.1 Å². The fraction of sp³-hybridized carbons (Fsp3) is 0.286. The van der Waals surface area contributed by atoms with Crippen LogP contribution < -0.4 is 0 Å². The van der Waals surface area contributed by atoms with Crippen LogP contribution in [-0.4, -0.2) is 25.8 Å². The van der Waals surface area contributed by atoms with Crippen LogP contribution in [0.3, 0.4) is 0 Å². The van der Waals surface area contributed by atoms with E-state index in [0.717, 1.165) is 12.2 Å².